The van der Waals surface area contributed by atoms with Crippen molar-refractivity contribution >= 4 is 46.2 Å². The lowest BCUT2D eigenvalue weighted by molar-refractivity contribution is -0.129. The number of carbonyl (C=O) groups is 1. The maximum atomic E-state index is 15.1. The van der Waals surface area contributed by atoms with Gasteiger partial charge in [-0.25, -0.2) is 13.8 Å². The second-order valence-electron chi connectivity index (χ2n) is 14.9. The molecule has 1 amide bonds. The first-order valence-corrected chi connectivity index (χ1v) is 21.2. The Kier molecular flexibility index (Phi) is 11.0. The number of likely N-dealkylation sites (N-methyl/N-ethyl adjacent to an activating group) is 1. The molecule has 12 nitrogen and oxygen atoms in total. The van der Waals surface area contributed by atoms with Crippen LogP contribution in [0.2, 0.25) is 5.04 Å². The Bertz CT molecular complexity index is 2420. The van der Waals surface area contributed by atoms with E-state index >= 15 is 4.39 Å². The third kappa shape index (κ3) is 6.93. The number of amides is 1. The van der Waals surface area contributed by atoms with Crippen molar-refractivity contribution < 1.29 is 23.1 Å². The van der Waals surface area contributed by atoms with Gasteiger partial charge in [0.1, 0.15) is 33.5 Å². The van der Waals surface area contributed by atoms with Crippen molar-refractivity contribution in [3.05, 3.63) is 129 Å². The first kappa shape index (κ1) is 39.0. The molecule has 2 atom stereocenters. The second kappa shape index (κ2) is 15.7. The van der Waals surface area contributed by atoms with Crippen molar-refractivity contribution in [1.82, 2.24) is 29.0 Å². The average Bonchev–Trinajstić information content (AvgIpc) is 3.92. The van der Waals surface area contributed by atoms with E-state index in [1.54, 1.807) is 14.0 Å². The Labute approximate surface area is 328 Å². The van der Waals surface area contributed by atoms with Crippen LogP contribution in [0, 0.1) is 12.7 Å². The van der Waals surface area contributed by atoms with Crippen LogP contribution in [0.15, 0.2) is 101 Å². The van der Waals surface area contributed by atoms with E-state index in [0.29, 0.717) is 39.7 Å². The molecule has 1 aliphatic rings. The van der Waals surface area contributed by atoms with Crippen LogP contribution in [0.25, 0.3) is 15.2 Å². The molecule has 292 valence electrons. The van der Waals surface area contributed by atoms with Gasteiger partial charge in [-0.15, -0.1) is 4.80 Å². The first-order chi connectivity index (χ1) is 26.9. The normalized spacial score (nSPS) is 15.5. The van der Waals surface area contributed by atoms with E-state index in [2.05, 4.69) is 55.2 Å². The lowest BCUT2D eigenvalue weighted by Gasteiger charge is -2.43. The minimum absolute atomic E-state index is 0.0736. The zero-order valence-corrected chi connectivity index (χ0v) is 34.1. The predicted molar refractivity (Wildman–Crippen MR) is 217 cm³/mol. The summed E-state index contributed by atoms with van der Waals surface area (Å²) in [4.78, 5) is 45.6. The molecule has 1 saturated heterocycles. The van der Waals surface area contributed by atoms with Crippen LogP contribution < -0.4 is 26.4 Å². The van der Waals surface area contributed by atoms with Crippen molar-refractivity contribution in [3.8, 4) is 10.8 Å². The molecular weight excluding hydrogens is 752 g/mol. The number of methoxy groups -OCH3 is 1. The largest absolute Gasteiger partial charge is 0.496 e. The summed E-state index contributed by atoms with van der Waals surface area (Å²) in [6.45, 7) is 8.85. The Morgan fingerprint density at radius 3 is 2.16 bits per heavy atom. The van der Waals surface area contributed by atoms with Crippen molar-refractivity contribution in [2.45, 2.75) is 57.8 Å². The highest BCUT2D eigenvalue weighted by molar-refractivity contribution is 7.21. The molecule has 1 unspecified atom stereocenters. The number of likely N-dealkylation sites (tertiary alicyclic amines) is 1. The van der Waals surface area contributed by atoms with Gasteiger partial charge in [0.05, 0.1) is 44.6 Å². The van der Waals surface area contributed by atoms with Crippen molar-refractivity contribution in [3.63, 3.8) is 0 Å². The Morgan fingerprint density at radius 1 is 0.946 bits per heavy atom. The van der Waals surface area contributed by atoms with Gasteiger partial charge < -0.3 is 18.8 Å². The summed E-state index contributed by atoms with van der Waals surface area (Å²) in [7, 11) is 0.210. The molecule has 0 N–H and O–H groups in total. The molecule has 1 aliphatic heterocycles. The molecule has 0 bridgehead atoms. The quantitative estimate of drug-likeness (QED) is 0.118. The van der Waals surface area contributed by atoms with Gasteiger partial charge in [-0.05, 0) is 47.0 Å². The van der Waals surface area contributed by atoms with Gasteiger partial charge >= 0.3 is 5.69 Å². The number of nitrogens with zero attached hydrogens (tertiary/aromatic N) is 6. The Hall–Kier alpha value is -5.22. The average molecular weight is 797 g/mol. The standard InChI is InChI=1S/C41H45FN6O6SSi/c1-27-35-37(50)47(32-19-22-45(5)36(32)49)40(51)46(39(35)55-38(27)48-43-20-21-44-48)26-34(31-25-28(42)17-18-33(31)52-6)53-23-24-54-56(41(2,3)4,29-13-9-7-10-14-29)30-15-11-8-12-16-30/h7-18,20-21,25,32,34H,19,22-24,26H2,1-6H3/t32?,34-/m0/s1. The Morgan fingerprint density at radius 2 is 1.59 bits per heavy atom. The van der Waals surface area contributed by atoms with Crippen LogP contribution in [0.5, 0.6) is 5.75 Å². The van der Waals surface area contributed by atoms with Crippen LogP contribution in [0.1, 0.15) is 50.5 Å². The molecule has 0 saturated carbocycles. The number of hydrogen-bond acceptors (Lipinski definition) is 9. The summed E-state index contributed by atoms with van der Waals surface area (Å²) in [6, 6.07) is 23.7. The summed E-state index contributed by atoms with van der Waals surface area (Å²) in [5, 5.41) is 11.3. The van der Waals surface area contributed by atoms with Crippen LogP contribution in [-0.4, -0.2) is 77.2 Å². The van der Waals surface area contributed by atoms with E-state index < -0.39 is 37.5 Å². The molecule has 7 rings (SSSR count). The van der Waals surface area contributed by atoms with E-state index in [4.69, 9.17) is 13.9 Å². The number of rotatable bonds is 13. The lowest BCUT2D eigenvalue weighted by Crippen LogP contribution is -2.66. The molecule has 6 aromatic rings. The highest BCUT2D eigenvalue weighted by Crippen LogP contribution is 2.38. The third-order valence-electron chi connectivity index (χ3n) is 10.6. The SMILES string of the molecule is COc1ccc(F)cc1[C@H](Cn1c(=O)n(C2CCN(C)C2=O)c(=O)c2c(C)c(-n3nccn3)sc21)OCCO[Si](c1ccccc1)(c1ccccc1)C(C)(C)C. The smallest absolute Gasteiger partial charge is 0.332 e. The Balaban J connectivity index is 1.32. The van der Waals surface area contributed by atoms with Crippen molar-refractivity contribution in [2.24, 2.45) is 0 Å². The number of ether oxygens (including phenoxy) is 2. The van der Waals surface area contributed by atoms with Crippen LogP contribution in [-0.2, 0) is 20.5 Å². The number of aryl methyl sites for hydroxylation is 1. The number of carbonyl (C=O) groups excluding carboxylic acids is 1. The highest BCUT2D eigenvalue weighted by Gasteiger charge is 2.50. The molecule has 1 fully saturated rings. The van der Waals surface area contributed by atoms with Gasteiger partial charge in [-0.2, -0.15) is 10.2 Å². The first-order valence-electron chi connectivity index (χ1n) is 18.5. The molecule has 0 radical (unpaired) electrons. The van der Waals surface area contributed by atoms with Crippen molar-refractivity contribution in [1.29, 1.82) is 0 Å². The topological polar surface area (TPSA) is 123 Å². The molecule has 3 aromatic carbocycles. The number of halogens is 1. The van der Waals surface area contributed by atoms with E-state index in [1.807, 2.05) is 36.4 Å². The van der Waals surface area contributed by atoms with Gasteiger partial charge in [0.25, 0.3) is 13.9 Å². The summed E-state index contributed by atoms with van der Waals surface area (Å²) in [5.41, 5.74) is -0.312. The molecule has 4 heterocycles. The van der Waals surface area contributed by atoms with Gasteiger partial charge in [0.2, 0.25) is 5.91 Å². The van der Waals surface area contributed by atoms with Crippen LogP contribution in [0.3, 0.4) is 0 Å². The lowest BCUT2D eigenvalue weighted by atomic mass is 10.1. The fourth-order valence-corrected chi connectivity index (χ4v) is 13.6. The summed E-state index contributed by atoms with van der Waals surface area (Å²) in [5.74, 6) is -0.477. The molecule has 56 heavy (non-hydrogen) atoms. The molecule has 0 spiro atoms. The van der Waals surface area contributed by atoms with E-state index in [9.17, 15) is 14.4 Å². The predicted octanol–water partition coefficient (Wildman–Crippen LogP) is 5.00. The second-order valence-corrected chi connectivity index (χ2v) is 20.2. The van der Waals surface area contributed by atoms with E-state index in [0.717, 1.165) is 14.9 Å². The van der Waals surface area contributed by atoms with Crippen molar-refractivity contribution in [2.75, 3.05) is 33.9 Å². The fourth-order valence-electron chi connectivity index (χ4n) is 7.85. The fraction of sp³-hybridized carbons (Fsp3) is 0.341. The number of thiophene rings is 1. The number of aromatic nitrogens is 5. The molecular formula is C41H45FN6O6SSi. The summed E-state index contributed by atoms with van der Waals surface area (Å²) < 4.78 is 37.0. The van der Waals surface area contributed by atoms with Gasteiger partial charge in [0, 0.05) is 24.7 Å². The maximum absolute atomic E-state index is 15.1. The van der Waals surface area contributed by atoms with Gasteiger partial charge in [-0.1, -0.05) is 92.8 Å². The summed E-state index contributed by atoms with van der Waals surface area (Å²) in [6.07, 6.45) is 2.39. The van der Waals surface area contributed by atoms with Gasteiger partial charge in [-0.3, -0.25) is 14.2 Å². The minimum atomic E-state index is -2.92. The highest BCUT2D eigenvalue weighted by atomic mass is 32.1. The number of hydrogen-bond donors (Lipinski definition) is 0. The number of fused-ring (bicyclic) bond motifs is 1. The number of benzene rings is 3. The van der Waals surface area contributed by atoms with Gasteiger partial charge in [0.15, 0.2) is 0 Å². The van der Waals surface area contributed by atoms with E-state index in [1.165, 1.54) is 63.3 Å². The summed E-state index contributed by atoms with van der Waals surface area (Å²) >= 11 is 1.18. The molecule has 15 heteroatoms. The molecule has 3 aromatic heterocycles. The molecule has 0 aliphatic carbocycles. The third-order valence-corrected chi connectivity index (χ3v) is 16.9. The minimum Gasteiger partial charge on any atom is -0.496 e. The van der Waals surface area contributed by atoms with E-state index in [-0.39, 0.29) is 36.1 Å². The van der Waals surface area contributed by atoms with Crippen LogP contribution >= 0.6 is 11.3 Å². The zero-order valence-electron chi connectivity index (χ0n) is 32.3. The maximum Gasteiger partial charge on any atom is 0.332 e. The van der Waals surface area contributed by atoms with Crippen LogP contribution in [0.4, 0.5) is 4.39 Å². The zero-order chi connectivity index (χ0) is 39.8. The monoisotopic (exact) mass is 796 g/mol.